The Kier molecular flexibility index (Phi) is 6.20. The first-order valence-electron chi connectivity index (χ1n) is 11.1. The molecular formula is C27H19F3N2O4S. The van der Waals surface area contributed by atoms with Crippen molar-refractivity contribution < 1.29 is 27.1 Å². The van der Waals surface area contributed by atoms with Crippen molar-refractivity contribution in [2.45, 2.75) is 19.1 Å². The van der Waals surface area contributed by atoms with Gasteiger partial charge in [-0.1, -0.05) is 59.9 Å². The smallest absolute Gasteiger partial charge is 0.417 e. The van der Waals surface area contributed by atoms with Crippen LogP contribution in [0.2, 0.25) is 0 Å². The molecule has 0 aliphatic carbocycles. The molecule has 0 fully saturated rings. The highest BCUT2D eigenvalue weighted by atomic mass is 32.1. The maximum absolute atomic E-state index is 13.5. The summed E-state index contributed by atoms with van der Waals surface area (Å²) in [5, 5.41) is 0. The van der Waals surface area contributed by atoms with Crippen molar-refractivity contribution in [3.63, 3.8) is 0 Å². The number of esters is 1. The van der Waals surface area contributed by atoms with Gasteiger partial charge in [-0.15, -0.1) is 0 Å². The second kappa shape index (κ2) is 9.36. The highest BCUT2D eigenvalue weighted by molar-refractivity contribution is 7.07. The maximum Gasteiger partial charge on any atom is 0.417 e. The first kappa shape index (κ1) is 24.5. The summed E-state index contributed by atoms with van der Waals surface area (Å²) in [4.78, 5) is 31.1. The van der Waals surface area contributed by atoms with E-state index in [2.05, 4.69) is 4.99 Å². The molecule has 2 aromatic heterocycles. The standard InChI is InChI=1S/C27H19F3N2O4S/c1-15-22(25(34)35-2)23(16-8-4-3-5-9-16)32-24(33)21(37-26(32)31-15)14-17-12-13-20(36-17)18-10-6-7-11-19(18)27(28,29)30/h3-14,23H,1-2H3. The third kappa shape index (κ3) is 4.44. The van der Waals surface area contributed by atoms with E-state index in [1.54, 1.807) is 31.2 Å². The molecule has 4 aromatic rings. The van der Waals surface area contributed by atoms with Crippen LogP contribution in [0.25, 0.3) is 17.4 Å². The van der Waals surface area contributed by atoms with Crippen LogP contribution in [-0.4, -0.2) is 17.6 Å². The molecule has 0 amide bonds. The number of allylic oxidation sites excluding steroid dienone is 1. The van der Waals surface area contributed by atoms with E-state index in [1.165, 1.54) is 48.1 Å². The van der Waals surface area contributed by atoms with E-state index >= 15 is 0 Å². The van der Waals surface area contributed by atoms with E-state index in [-0.39, 0.29) is 27.2 Å². The van der Waals surface area contributed by atoms with Gasteiger partial charge in [-0.05, 0) is 30.7 Å². The lowest BCUT2D eigenvalue weighted by Crippen LogP contribution is -2.39. The van der Waals surface area contributed by atoms with E-state index in [0.29, 0.717) is 16.1 Å². The Morgan fingerprint density at radius 2 is 1.78 bits per heavy atom. The number of carbonyl (C=O) groups excluding carboxylic acids is 1. The monoisotopic (exact) mass is 524 g/mol. The van der Waals surface area contributed by atoms with Gasteiger partial charge in [-0.2, -0.15) is 13.2 Å². The fourth-order valence-corrected chi connectivity index (χ4v) is 5.32. The lowest BCUT2D eigenvalue weighted by Gasteiger charge is -2.24. The topological polar surface area (TPSA) is 73.8 Å². The third-order valence-corrected chi connectivity index (χ3v) is 6.92. The molecule has 1 aliphatic heterocycles. The molecule has 0 bridgehead atoms. The van der Waals surface area contributed by atoms with Gasteiger partial charge in [0.05, 0.1) is 34.5 Å². The molecule has 1 unspecified atom stereocenters. The van der Waals surface area contributed by atoms with E-state index < -0.39 is 29.3 Å². The first-order valence-corrected chi connectivity index (χ1v) is 11.9. The molecule has 6 nitrogen and oxygen atoms in total. The van der Waals surface area contributed by atoms with Gasteiger partial charge in [-0.25, -0.2) is 9.79 Å². The molecule has 3 heterocycles. The molecule has 37 heavy (non-hydrogen) atoms. The number of halogens is 3. The Labute approximate surface area is 212 Å². The number of ether oxygens (including phenoxy) is 1. The Morgan fingerprint density at radius 3 is 2.49 bits per heavy atom. The van der Waals surface area contributed by atoms with Crippen molar-refractivity contribution in [2.75, 3.05) is 7.11 Å². The van der Waals surface area contributed by atoms with Crippen LogP contribution in [-0.2, 0) is 15.7 Å². The van der Waals surface area contributed by atoms with Crippen LogP contribution in [0.3, 0.4) is 0 Å². The average Bonchev–Trinajstić information content (AvgIpc) is 3.47. The molecule has 1 aliphatic rings. The number of furan rings is 1. The number of rotatable bonds is 4. The number of methoxy groups -OCH3 is 1. The zero-order valence-corrected chi connectivity index (χ0v) is 20.4. The second-order valence-electron chi connectivity index (χ2n) is 8.23. The molecule has 10 heteroatoms. The largest absolute Gasteiger partial charge is 0.466 e. The van der Waals surface area contributed by atoms with Crippen LogP contribution in [0.1, 0.15) is 29.9 Å². The summed E-state index contributed by atoms with van der Waals surface area (Å²) < 4.78 is 52.7. The van der Waals surface area contributed by atoms with Crippen LogP contribution >= 0.6 is 11.3 Å². The Hall–Kier alpha value is -4.18. The minimum absolute atomic E-state index is 0.0259. The normalized spacial score (nSPS) is 15.9. The number of thiazole rings is 1. The summed E-state index contributed by atoms with van der Waals surface area (Å²) in [6.45, 7) is 1.68. The van der Waals surface area contributed by atoms with Crippen molar-refractivity contribution in [3.8, 4) is 11.3 Å². The van der Waals surface area contributed by atoms with Gasteiger partial charge in [0.1, 0.15) is 11.5 Å². The summed E-state index contributed by atoms with van der Waals surface area (Å²) in [5.74, 6) is -0.362. The summed E-state index contributed by atoms with van der Waals surface area (Å²) in [5.41, 5.74) is 0.0470. The lowest BCUT2D eigenvalue weighted by molar-refractivity contribution is -0.137. The number of benzene rings is 2. The van der Waals surface area contributed by atoms with E-state index in [9.17, 15) is 22.8 Å². The minimum atomic E-state index is -4.55. The minimum Gasteiger partial charge on any atom is -0.466 e. The molecular weight excluding hydrogens is 505 g/mol. The second-order valence-corrected chi connectivity index (χ2v) is 9.24. The van der Waals surface area contributed by atoms with Crippen LogP contribution in [0, 0.1) is 0 Å². The molecule has 1 atom stereocenters. The molecule has 0 saturated carbocycles. The number of carbonyl (C=O) groups is 1. The van der Waals surface area contributed by atoms with Gasteiger partial charge in [0.25, 0.3) is 5.56 Å². The van der Waals surface area contributed by atoms with Gasteiger partial charge in [0, 0.05) is 11.6 Å². The van der Waals surface area contributed by atoms with Crippen molar-refractivity contribution in [2.24, 2.45) is 4.99 Å². The Balaban J connectivity index is 1.63. The van der Waals surface area contributed by atoms with Crippen LogP contribution < -0.4 is 14.9 Å². The maximum atomic E-state index is 13.5. The average molecular weight is 525 g/mol. The van der Waals surface area contributed by atoms with Crippen LogP contribution in [0.5, 0.6) is 0 Å². The van der Waals surface area contributed by atoms with Gasteiger partial charge in [0.2, 0.25) is 0 Å². The number of hydrogen-bond acceptors (Lipinski definition) is 6. The molecule has 5 rings (SSSR count). The Bertz CT molecular complexity index is 1710. The summed E-state index contributed by atoms with van der Waals surface area (Å²) in [6, 6.07) is 16.3. The van der Waals surface area contributed by atoms with Gasteiger partial charge in [-0.3, -0.25) is 9.36 Å². The lowest BCUT2D eigenvalue weighted by atomic mass is 9.96. The summed E-state index contributed by atoms with van der Waals surface area (Å²) in [6.07, 6.45) is -3.09. The number of hydrogen-bond donors (Lipinski definition) is 0. The number of nitrogens with zero attached hydrogens (tertiary/aromatic N) is 2. The predicted octanol–water partition coefficient (Wildman–Crippen LogP) is 4.69. The van der Waals surface area contributed by atoms with E-state index in [4.69, 9.17) is 9.15 Å². The zero-order chi connectivity index (χ0) is 26.3. The number of fused-ring (bicyclic) bond motifs is 1. The molecule has 0 N–H and O–H groups in total. The highest BCUT2D eigenvalue weighted by Crippen LogP contribution is 2.37. The van der Waals surface area contributed by atoms with Gasteiger partial charge in [0.15, 0.2) is 4.80 Å². The highest BCUT2D eigenvalue weighted by Gasteiger charge is 2.34. The van der Waals surface area contributed by atoms with E-state index in [1.807, 2.05) is 6.07 Å². The van der Waals surface area contributed by atoms with Crippen LogP contribution in [0.15, 0.2) is 92.2 Å². The summed E-state index contributed by atoms with van der Waals surface area (Å²) >= 11 is 1.09. The van der Waals surface area contributed by atoms with Crippen molar-refractivity contribution in [1.82, 2.24) is 4.57 Å². The quantitative estimate of drug-likeness (QED) is 0.363. The summed E-state index contributed by atoms with van der Waals surface area (Å²) in [7, 11) is 1.27. The zero-order valence-electron chi connectivity index (χ0n) is 19.6. The van der Waals surface area contributed by atoms with Crippen LogP contribution in [0.4, 0.5) is 13.2 Å². The van der Waals surface area contributed by atoms with Gasteiger partial charge < -0.3 is 9.15 Å². The van der Waals surface area contributed by atoms with Gasteiger partial charge >= 0.3 is 12.1 Å². The van der Waals surface area contributed by atoms with Crippen molar-refractivity contribution in [3.05, 3.63) is 115 Å². The number of aromatic nitrogens is 1. The molecule has 0 radical (unpaired) electrons. The molecule has 2 aromatic carbocycles. The predicted molar refractivity (Wildman–Crippen MR) is 131 cm³/mol. The van der Waals surface area contributed by atoms with Crippen molar-refractivity contribution in [1.29, 1.82) is 0 Å². The van der Waals surface area contributed by atoms with E-state index in [0.717, 1.165) is 17.4 Å². The molecule has 188 valence electrons. The molecule has 0 saturated heterocycles. The Morgan fingerprint density at radius 1 is 1.08 bits per heavy atom. The fraction of sp³-hybridized carbons (Fsp3) is 0.148. The third-order valence-electron chi connectivity index (χ3n) is 5.94. The number of alkyl halides is 3. The fourth-order valence-electron chi connectivity index (χ4n) is 4.29. The van der Waals surface area contributed by atoms with Crippen molar-refractivity contribution >= 4 is 23.4 Å². The SMILES string of the molecule is COC(=O)C1=C(C)N=c2sc(=Cc3ccc(-c4ccccc4C(F)(F)F)o3)c(=O)n2C1c1ccccc1. The first-order chi connectivity index (χ1) is 17.7. The molecule has 0 spiro atoms.